The number of nitrogens with zero attached hydrogens (tertiary/aromatic N) is 3. The summed E-state index contributed by atoms with van der Waals surface area (Å²) in [6.07, 6.45) is 1.63. The van der Waals surface area contributed by atoms with Gasteiger partial charge in [0, 0.05) is 11.7 Å². The first-order valence-electron chi connectivity index (χ1n) is 7.97. The zero-order valence-corrected chi connectivity index (χ0v) is 14.1. The molecule has 1 heterocycles. The molecule has 0 amide bonds. The van der Waals surface area contributed by atoms with Crippen molar-refractivity contribution in [3.05, 3.63) is 71.4 Å². The van der Waals surface area contributed by atoms with Crippen LogP contribution in [0.2, 0.25) is 0 Å². The van der Waals surface area contributed by atoms with Crippen LogP contribution in [0.3, 0.4) is 0 Å². The maximum absolute atomic E-state index is 4.51. The summed E-state index contributed by atoms with van der Waals surface area (Å²) in [5.74, 6) is 1.17. The van der Waals surface area contributed by atoms with Crippen molar-refractivity contribution in [3.8, 4) is 0 Å². The molecule has 1 aromatic heterocycles. The van der Waals surface area contributed by atoms with Gasteiger partial charge in [0.25, 0.3) is 0 Å². The number of hydrogen-bond acceptors (Lipinski definition) is 5. The maximum atomic E-state index is 4.51. The Bertz CT molecular complexity index is 817. The number of benzene rings is 2. The molecule has 0 radical (unpaired) electrons. The van der Waals surface area contributed by atoms with Gasteiger partial charge >= 0.3 is 0 Å². The second-order valence-corrected chi connectivity index (χ2v) is 5.89. The third-order valence-electron chi connectivity index (χ3n) is 3.86. The second kappa shape index (κ2) is 7.08. The van der Waals surface area contributed by atoms with Crippen LogP contribution in [0.4, 0.5) is 17.5 Å². The summed E-state index contributed by atoms with van der Waals surface area (Å²) in [6, 6.07) is 16.6. The quantitative estimate of drug-likeness (QED) is 0.729. The van der Waals surface area contributed by atoms with E-state index in [1.54, 1.807) is 6.20 Å². The van der Waals surface area contributed by atoms with Crippen LogP contribution >= 0.6 is 0 Å². The summed E-state index contributed by atoms with van der Waals surface area (Å²) < 4.78 is 0. The Labute approximate surface area is 142 Å². The lowest BCUT2D eigenvalue weighted by Crippen LogP contribution is -2.10. The van der Waals surface area contributed by atoms with Crippen molar-refractivity contribution in [2.24, 2.45) is 0 Å². The molecule has 5 heteroatoms. The second-order valence-electron chi connectivity index (χ2n) is 5.89. The van der Waals surface area contributed by atoms with Crippen molar-refractivity contribution in [1.29, 1.82) is 0 Å². The first kappa shape index (κ1) is 15.9. The Morgan fingerprint density at radius 1 is 1.00 bits per heavy atom. The monoisotopic (exact) mass is 319 g/mol. The average molecular weight is 319 g/mol. The molecule has 0 bridgehead atoms. The Hall–Kier alpha value is -2.95. The van der Waals surface area contributed by atoms with Crippen LogP contribution in [-0.4, -0.2) is 15.2 Å². The van der Waals surface area contributed by atoms with Gasteiger partial charge in [-0.15, -0.1) is 5.10 Å². The van der Waals surface area contributed by atoms with Crippen molar-refractivity contribution < 1.29 is 0 Å². The molecule has 2 aromatic carbocycles. The zero-order chi connectivity index (χ0) is 16.9. The smallest absolute Gasteiger partial charge is 0.249 e. The van der Waals surface area contributed by atoms with Crippen LogP contribution in [0.15, 0.2) is 54.7 Å². The highest BCUT2D eigenvalue weighted by Gasteiger charge is 2.08. The lowest BCUT2D eigenvalue weighted by atomic mass is 10.1. The van der Waals surface area contributed by atoms with Crippen LogP contribution in [0.5, 0.6) is 0 Å². The van der Waals surface area contributed by atoms with Crippen molar-refractivity contribution >= 4 is 17.5 Å². The number of nitrogens with one attached hydrogen (secondary N) is 2. The molecule has 1 atom stereocenters. The minimum absolute atomic E-state index is 0.136. The molecule has 122 valence electrons. The summed E-state index contributed by atoms with van der Waals surface area (Å²) in [5.41, 5.74) is 4.51. The highest BCUT2D eigenvalue weighted by Crippen LogP contribution is 2.21. The molecule has 24 heavy (non-hydrogen) atoms. The Kier molecular flexibility index (Phi) is 4.70. The number of aryl methyl sites for hydroxylation is 2. The largest absolute Gasteiger partial charge is 0.362 e. The van der Waals surface area contributed by atoms with E-state index in [2.05, 4.69) is 76.9 Å². The van der Waals surface area contributed by atoms with Crippen LogP contribution in [0.1, 0.15) is 29.7 Å². The van der Waals surface area contributed by atoms with Gasteiger partial charge in [0.2, 0.25) is 5.95 Å². The lowest BCUT2D eigenvalue weighted by Gasteiger charge is -2.15. The van der Waals surface area contributed by atoms with Gasteiger partial charge in [-0.05, 0) is 43.5 Å². The molecule has 0 saturated heterocycles. The summed E-state index contributed by atoms with van der Waals surface area (Å²) >= 11 is 0. The number of hydrogen-bond donors (Lipinski definition) is 2. The molecule has 2 N–H and O–H groups in total. The van der Waals surface area contributed by atoms with Gasteiger partial charge in [-0.1, -0.05) is 42.5 Å². The topological polar surface area (TPSA) is 62.7 Å². The molecule has 0 saturated carbocycles. The van der Waals surface area contributed by atoms with E-state index in [4.69, 9.17) is 0 Å². The van der Waals surface area contributed by atoms with Crippen LogP contribution in [-0.2, 0) is 0 Å². The number of aromatic nitrogens is 3. The van der Waals surface area contributed by atoms with Gasteiger partial charge in [-0.3, -0.25) is 0 Å². The first-order chi connectivity index (χ1) is 11.6. The first-order valence-corrected chi connectivity index (χ1v) is 7.97. The van der Waals surface area contributed by atoms with Gasteiger partial charge < -0.3 is 10.6 Å². The molecule has 3 aromatic rings. The average Bonchev–Trinajstić information content (AvgIpc) is 2.59. The highest BCUT2D eigenvalue weighted by atomic mass is 15.3. The van der Waals surface area contributed by atoms with Crippen molar-refractivity contribution in [2.75, 3.05) is 10.6 Å². The van der Waals surface area contributed by atoms with E-state index in [0.29, 0.717) is 11.8 Å². The molecule has 5 nitrogen and oxygen atoms in total. The molecular formula is C19H21N5. The molecule has 0 aliphatic carbocycles. The van der Waals surface area contributed by atoms with E-state index in [9.17, 15) is 0 Å². The summed E-state index contributed by atoms with van der Waals surface area (Å²) in [5, 5.41) is 14.7. The van der Waals surface area contributed by atoms with E-state index in [-0.39, 0.29) is 6.04 Å². The molecule has 0 aliphatic heterocycles. The Morgan fingerprint density at radius 2 is 1.79 bits per heavy atom. The minimum atomic E-state index is 0.136. The third kappa shape index (κ3) is 3.87. The predicted molar refractivity (Wildman–Crippen MR) is 97.5 cm³/mol. The standard InChI is InChI=1S/C19H21N5/c1-13-9-10-14(2)17(11-13)22-19-23-18(12-20-24-19)21-15(3)16-7-5-4-6-8-16/h4-12,15H,1-3H3,(H2,21,22,23,24). The maximum Gasteiger partial charge on any atom is 0.249 e. The highest BCUT2D eigenvalue weighted by molar-refractivity contribution is 5.59. The van der Waals surface area contributed by atoms with Gasteiger partial charge in [0.05, 0.1) is 6.20 Å². The summed E-state index contributed by atoms with van der Waals surface area (Å²) in [6.45, 7) is 6.20. The Morgan fingerprint density at radius 3 is 2.58 bits per heavy atom. The van der Waals surface area contributed by atoms with E-state index in [0.717, 1.165) is 11.3 Å². The van der Waals surface area contributed by atoms with Crippen LogP contribution < -0.4 is 10.6 Å². The molecule has 1 unspecified atom stereocenters. The van der Waals surface area contributed by atoms with Gasteiger partial charge in [0.1, 0.15) is 0 Å². The van der Waals surface area contributed by atoms with Gasteiger partial charge in [-0.25, -0.2) is 0 Å². The predicted octanol–water partition coefficient (Wildman–Crippen LogP) is 4.41. The van der Waals surface area contributed by atoms with Crippen molar-refractivity contribution in [2.45, 2.75) is 26.8 Å². The lowest BCUT2D eigenvalue weighted by molar-refractivity contribution is 0.861. The summed E-state index contributed by atoms with van der Waals surface area (Å²) in [7, 11) is 0. The van der Waals surface area contributed by atoms with E-state index in [1.165, 1.54) is 11.1 Å². The molecule has 0 spiro atoms. The number of rotatable bonds is 5. The van der Waals surface area contributed by atoms with Gasteiger partial charge in [-0.2, -0.15) is 10.1 Å². The van der Waals surface area contributed by atoms with Crippen LogP contribution in [0.25, 0.3) is 0 Å². The van der Waals surface area contributed by atoms with E-state index < -0.39 is 0 Å². The molecule has 0 aliphatic rings. The van der Waals surface area contributed by atoms with Gasteiger partial charge in [0.15, 0.2) is 5.82 Å². The van der Waals surface area contributed by atoms with E-state index in [1.807, 2.05) is 18.2 Å². The fraction of sp³-hybridized carbons (Fsp3) is 0.211. The van der Waals surface area contributed by atoms with E-state index >= 15 is 0 Å². The Balaban J connectivity index is 1.76. The molecular weight excluding hydrogens is 298 g/mol. The third-order valence-corrected chi connectivity index (χ3v) is 3.86. The summed E-state index contributed by atoms with van der Waals surface area (Å²) in [4.78, 5) is 4.51. The fourth-order valence-corrected chi connectivity index (χ4v) is 2.46. The van der Waals surface area contributed by atoms with Crippen LogP contribution in [0, 0.1) is 13.8 Å². The SMILES string of the molecule is Cc1ccc(C)c(Nc2nncc(NC(C)c3ccccc3)n2)c1. The normalized spacial score (nSPS) is 11.8. The zero-order valence-electron chi connectivity index (χ0n) is 14.1. The van der Waals surface area contributed by atoms with Crippen molar-refractivity contribution in [3.63, 3.8) is 0 Å². The minimum Gasteiger partial charge on any atom is -0.362 e. The van der Waals surface area contributed by atoms with Crippen molar-refractivity contribution in [1.82, 2.24) is 15.2 Å². The fourth-order valence-electron chi connectivity index (χ4n) is 2.46. The number of anilines is 3. The molecule has 0 fully saturated rings. The molecule has 3 rings (SSSR count).